The highest BCUT2D eigenvalue weighted by Crippen LogP contribution is 2.07. The van der Waals surface area contributed by atoms with Gasteiger partial charge in [0.25, 0.3) is 0 Å². The van der Waals surface area contributed by atoms with Crippen LogP contribution in [-0.2, 0) is 0 Å². The molecule has 0 aromatic rings. The summed E-state index contributed by atoms with van der Waals surface area (Å²) in [5, 5.41) is 0. The maximum absolute atomic E-state index is 12.2. The van der Waals surface area contributed by atoms with Crippen LogP contribution in [0.15, 0.2) is 16.8 Å². The molecule has 0 saturated heterocycles. The molecule has 0 spiro atoms. The van der Waals surface area contributed by atoms with Gasteiger partial charge in [0.05, 0.1) is 0 Å². The van der Waals surface area contributed by atoms with E-state index in [0.717, 1.165) is 5.70 Å². The summed E-state index contributed by atoms with van der Waals surface area (Å²) >= 11 is 0. The van der Waals surface area contributed by atoms with Crippen molar-refractivity contribution >= 4 is 6.21 Å². The zero-order valence-electron chi connectivity index (χ0n) is 4.76. The van der Waals surface area contributed by atoms with Crippen molar-refractivity contribution in [1.82, 2.24) is 0 Å². The van der Waals surface area contributed by atoms with Gasteiger partial charge >= 0.3 is 0 Å². The minimum atomic E-state index is -0.848. The molecule has 8 heavy (non-hydrogen) atoms. The first kappa shape index (κ1) is 5.48. The minimum Gasteiger partial charge on any atom is -0.263 e. The zero-order valence-corrected chi connectivity index (χ0v) is 4.76. The third-order valence-corrected chi connectivity index (χ3v) is 1.08. The van der Waals surface area contributed by atoms with Crippen LogP contribution >= 0.6 is 0 Å². The Morgan fingerprint density at radius 1 is 1.88 bits per heavy atom. The van der Waals surface area contributed by atoms with Crippen molar-refractivity contribution < 1.29 is 4.39 Å². The van der Waals surface area contributed by atoms with Crippen molar-refractivity contribution in [2.24, 2.45) is 4.99 Å². The third kappa shape index (κ3) is 1.15. The summed E-state index contributed by atoms with van der Waals surface area (Å²) < 4.78 is 12.2. The summed E-state index contributed by atoms with van der Waals surface area (Å²) in [6.45, 7) is 1.86. The average Bonchev–Trinajstić information content (AvgIpc) is 1.77. The lowest BCUT2D eigenvalue weighted by atomic mass is 10.2. The molecule has 1 heterocycles. The fraction of sp³-hybridized carbons (Fsp3) is 0.500. The number of nitrogens with zero attached hydrogens (tertiary/aromatic N) is 1. The quantitative estimate of drug-likeness (QED) is 0.453. The second-order valence-electron chi connectivity index (χ2n) is 1.88. The number of hydrogen-bond acceptors (Lipinski definition) is 1. The van der Waals surface area contributed by atoms with E-state index >= 15 is 0 Å². The molecule has 0 aliphatic carbocycles. The highest BCUT2D eigenvalue weighted by Gasteiger charge is 2.03. The Hall–Kier alpha value is -0.660. The van der Waals surface area contributed by atoms with Gasteiger partial charge in [-0.3, -0.25) is 4.99 Å². The summed E-state index contributed by atoms with van der Waals surface area (Å²) in [6.07, 6.45) is 2.79. The predicted molar refractivity (Wildman–Crippen MR) is 31.8 cm³/mol. The zero-order chi connectivity index (χ0) is 5.98. The lowest BCUT2D eigenvalue weighted by molar-refractivity contribution is 0.430. The van der Waals surface area contributed by atoms with Gasteiger partial charge in [0, 0.05) is 18.3 Å². The lowest BCUT2D eigenvalue weighted by Gasteiger charge is -2.02. The van der Waals surface area contributed by atoms with Crippen molar-refractivity contribution in [3.05, 3.63) is 11.8 Å². The van der Waals surface area contributed by atoms with Crippen LogP contribution in [0.25, 0.3) is 0 Å². The molecule has 0 aromatic heterocycles. The first-order valence-corrected chi connectivity index (χ1v) is 2.64. The van der Waals surface area contributed by atoms with Crippen LogP contribution in [0.1, 0.15) is 13.3 Å². The van der Waals surface area contributed by atoms with E-state index in [1.807, 2.05) is 6.92 Å². The molecule has 0 radical (unpaired) electrons. The van der Waals surface area contributed by atoms with Crippen molar-refractivity contribution in [2.45, 2.75) is 19.5 Å². The smallest absolute Gasteiger partial charge is 0.139 e. The van der Waals surface area contributed by atoms with Crippen LogP contribution in [0.3, 0.4) is 0 Å². The van der Waals surface area contributed by atoms with Crippen LogP contribution < -0.4 is 0 Å². The van der Waals surface area contributed by atoms with Gasteiger partial charge in [-0.05, 0) is 6.92 Å². The Kier molecular flexibility index (Phi) is 1.42. The fourth-order valence-corrected chi connectivity index (χ4v) is 0.595. The molecule has 2 heteroatoms. The van der Waals surface area contributed by atoms with E-state index in [2.05, 4.69) is 4.99 Å². The monoisotopic (exact) mass is 113 g/mol. The largest absolute Gasteiger partial charge is 0.263 e. The number of aliphatic imine (C=N–C) groups is 1. The molecule has 1 atom stereocenters. The second kappa shape index (κ2) is 2.07. The van der Waals surface area contributed by atoms with Gasteiger partial charge in [-0.2, -0.15) is 0 Å². The van der Waals surface area contributed by atoms with E-state index in [4.69, 9.17) is 0 Å². The highest BCUT2D eigenvalue weighted by molar-refractivity contribution is 5.65. The molecule has 1 unspecified atom stereocenters. The lowest BCUT2D eigenvalue weighted by Crippen LogP contribution is -2.03. The maximum atomic E-state index is 12.2. The first-order valence-electron chi connectivity index (χ1n) is 2.64. The van der Waals surface area contributed by atoms with Crippen LogP contribution in [0.2, 0.25) is 0 Å². The Morgan fingerprint density at radius 3 is 3.00 bits per heavy atom. The van der Waals surface area contributed by atoms with Gasteiger partial charge in [-0.15, -0.1) is 0 Å². The van der Waals surface area contributed by atoms with Crippen molar-refractivity contribution in [3.63, 3.8) is 0 Å². The highest BCUT2D eigenvalue weighted by atomic mass is 19.1. The number of allylic oxidation sites excluding steroid dienone is 2. The summed E-state index contributed by atoms with van der Waals surface area (Å²) in [4.78, 5) is 3.77. The third-order valence-electron chi connectivity index (χ3n) is 1.08. The molecule has 0 fully saturated rings. The summed E-state index contributed by atoms with van der Waals surface area (Å²) in [7, 11) is 0. The predicted octanol–water partition coefficient (Wildman–Crippen LogP) is 1.70. The Balaban J connectivity index is 2.58. The van der Waals surface area contributed by atoms with Crippen LogP contribution in [-0.4, -0.2) is 12.4 Å². The molecule has 1 aliphatic heterocycles. The Labute approximate surface area is 47.9 Å². The van der Waals surface area contributed by atoms with Gasteiger partial charge in [-0.1, -0.05) is 6.08 Å². The van der Waals surface area contributed by atoms with Crippen LogP contribution in [0.5, 0.6) is 0 Å². The average molecular weight is 113 g/mol. The van der Waals surface area contributed by atoms with Crippen molar-refractivity contribution in [3.8, 4) is 0 Å². The molecule has 1 nitrogen and oxygen atoms in total. The molecular weight excluding hydrogens is 105 g/mol. The molecule has 0 saturated carbocycles. The van der Waals surface area contributed by atoms with E-state index in [1.165, 1.54) is 6.21 Å². The van der Waals surface area contributed by atoms with Crippen molar-refractivity contribution in [2.75, 3.05) is 0 Å². The van der Waals surface area contributed by atoms with Gasteiger partial charge < -0.3 is 0 Å². The number of rotatable bonds is 0. The van der Waals surface area contributed by atoms with E-state index in [9.17, 15) is 4.39 Å². The van der Waals surface area contributed by atoms with Gasteiger partial charge in [-0.25, -0.2) is 4.39 Å². The molecule has 0 bridgehead atoms. The Bertz CT molecular complexity index is 137. The maximum Gasteiger partial charge on any atom is 0.139 e. The standard InChI is InChI=1S/C6H8FN/c1-5-2-3-6(7)4-8-5/h2,4,6H,3H2,1H3. The molecule has 1 aliphatic rings. The number of hydrogen-bond donors (Lipinski definition) is 0. The second-order valence-corrected chi connectivity index (χ2v) is 1.88. The molecule has 0 amide bonds. The number of alkyl halides is 1. The van der Waals surface area contributed by atoms with Crippen LogP contribution in [0, 0.1) is 0 Å². The summed E-state index contributed by atoms with van der Waals surface area (Å²) in [5.74, 6) is 0. The van der Waals surface area contributed by atoms with E-state index in [-0.39, 0.29) is 0 Å². The van der Waals surface area contributed by atoms with E-state index in [0.29, 0.717) is 6.42 Å². The molecule has 1 rings (SSSR count). The number of halogens is 1. The van der Waals surface area contributed by atoms with Gasteiger partial charge in [0.15, 0.2) is 0 Å². The summed E-state index contributed by atoms with van der Waals surface area (Å²) in [5.41, 5.74) is 0.916. The molecule has 0 aromatic carbocycles. The van der Waals surface area contributed by atoms with E-state index in [1.54, 1.807) is 6.08 Å². The Morgan fingerprint density at radius 2 is 2.62 bits per heavy atom. The topological polar surface area (TPSA) is 12.4 Å². The minimum absolute atomic E-state index is 0.495. The van der Waals surface area contributed by atoms with Gasteiger partial charge in [0.1, 0.15) is 6.17 Å². The molecular formula is C6H8FN. The first-order chi connectivity index (χ1) is 3.79. The summed E-state index contributed by atoms with van der Waals surface area (Å²) in [6, 6.07) is 0. The van der Waals surface area contributed by atoms with Crippen molar-refractivity contribution in [1.29, 1.82) is 0 Å². The SMILES string of the molecule is CC1=CCC(F)C=N1. The van der Waals surface area contributed by atoms with E-state index < -0.39 is 6.17 Å². The van der Waals surface area contributed by atoms with Crippen LogP contribution in [0.4, 0.5) is 4.39 Å². The molecule has 44 valence electrons. The fourth-order valence-electron chi connectivity index (χ4n) is 0.595. The van der Waals surface area contributed by atoms with Gasteiger partial charge in [0.2, 0.25) is 0 Å². The molecule has 0 N–H and O–H groups in total. The normalized spacial score (nSPS) is 27.8.